The average molecular weight is 519 g/mol. The van der Waals surface area contributed by atoms with Crippen LogP contribution < -0.4 is 15.0 Å². The van der Waals surface area contributed by atoms with Gasteiger partial charge in [-0.15, -0.1) is 0 Å². The van der Waals surface area contributed by atoms with Gasteiger partial charge in [-0.3, -0.25) is 4.79 Å². The molecule has 0 bridgehead atoms. The van der Waals surface area contributed by atoms with Gasteiger partial charge < -0.3 is 20.1 Å². The Labute approximate surface area is 202 Å². The highest BCUT2D eigenvalue weighted by Crippen LogP contribution is 2.23. The number of methoxy groups -OCH3 is 1. The fourth-order valence-electron chi connectivity index (χ4n) is 2.91. The van der Waals surface area contributed by atoms with Gasteiger partial charge in [-0.05, 0) is 68.8 Å². The van der Waals surface area contributed by atoms with Crippen molar-refractivity contribution in [3.8, 4) is 5.75 Å². The maximum absolute atomic E-state index is 12.4. The second-order valence-corrected chi connectivity index (χ2v) is 9.38. The lowest BCUT2D eigenvalue weighted by Crippen LogP contribution is -2.22. The van der Waals surface area contributed by atoms with Crippen LogP contribution in [0, 0.1) is 6.92 Å². The van der Waals surface area contributed by atoms with E-state index < -0.39 is 22.0 Å². The third kappa shape index (κ3) is 9.47. The number of hydrogen-bond donors (Lipinski definition) is 2. The predicted molar refractivity (Wildman–Crippen MR) is 127 cm³/mol. The molecule has 0 fully saturated rings. The van der Waals surface area contributed by atoms with E-state index in [1.807, 2.05) is 25.1 Å². The third-order valence-electron chi connectivity index (χ3n) is 4.87. The van der Waals surface area contributed by atoms with Crippen LogP contribution >= 0.6 is 0 Å². The summed E-state index contributed by atoms with van der Waals surface area (Å²) in [5, 5.41) is 9.94. The largest absolute Gasteiger partial charge is 0.497 e. The summed E-state index contributed by atoms with van der Waals surface area (Å²) >= 11 is 0. The summed E-state index contributed by atoms with van der Waals surface area (Å²) in [6, 6.07) is 12.0. The zero-order valence-electron chi connectivity index (χ0n) is 19.8. The van der Waals surface area contributed by atoms with Crippen molar-refractivity contribution in [2.75, 3.05) is 36.2 Å². The van der Waals surface area contributed by atoms with Gasteiger partial charge in [0.15, 0.2) is 9.84 Å². The van der Waals surface area contributed by atoms with E-state index in [2.05, 4.69) is 24.1 Å². The normalized spacial score (nSPS) is 11.2. The topological polar surface area (TPSA) is 113 Å². The molecule has 35 heavy (non-hydrogen) atoms. The molecule has 0 saturated carbocycles. The monoisotopic (exact) mass is 518 g/mol. The van der Waals surface area contributed by atoms with E-state index in [-0.39, 0.29) is 23.0 Å². The van der Waals surface area contributed by atoms with Gasteiger partial charge in [-0.25, -0.2) is 13.2 Å². The van der Waals surface area contributed by atoms with Crippen LogP contribution in [0.1, 0.15) is 25.8 Å². The van der Waals surface area contributed by atoms with Crippen LogP contribution in [0.2, 0.25) is 0 Å². The van der Waals surface area contributed by atoms with Gasteiger partial charge in [0, 0.05) is 30.9 Å². The minimum Gasteiger partial charge on any atom is -0.497 e. The van der Waals surface area contributed by atoms with Crippen LogP contribution in [0.5, 0.6) is 5.75 Å². The first-order valence-electron chi connectivity index (χ1n) is 10.6. The lowest BCUT2D eigenvalue weighted by molar-refractivity contribution is -0.192. The molecule has 0 atom stereocenters. The molecule has 0 aliphatic carbocycles. The number of aliphatic carboxylic acids is 1. The summed E-state index contributed by atoms with van der Waals surface area (Å²) in [7, 11) is -2.01. The van der Waals surface area contributed by atoms with Crippen molar-refractivity contribution in [2.45, 2.75) is 38.3 Å². The number of carbonyl (C=O) groups is 2. The minimum atomic E-state index is -5.08. The number of aryl methyl sites for hydroxylation is 1. The van der Waals surface area contributed by atoms with E-state index in [0.29, 0.717) is 11.4 Å². The third-order valence-corrected chi connectivity index (χ3v) is 6.60. The van der Waals surface area contributed by atoms with E-state index in [1.54, 1.807) is 12.1 Å². The van der Waals surface area contributed by atoms with Crippen molar-refractivity contribution in [1.82, 2.24) is 0 Å². The van der Waals surface area contributed by atoms with E-state index in [0.717, 1.165) is 24.3 Å². The highest BCUT2D eigenvalue weighted by Gasteiger charge is 2.38. The van der Waals surface area contributed by atoms with Gasteiger partial charge in [0.1, 0.15) is 5.75 Å². The molecule has 0 saturated heterocycles. The summed E-state index contributed by atoms with van der Waals surface area (Å²) in [6.45, 7) is 7.93. The Kier molecular flexibility index (Phi) is 11.0. The summed E-state index contributed by atoms with van der Waals surface area (Å²) in [4.78, 5) is 23.6. The number of rotatable bonds is 9. The molecule has 12 heteroatoms. The fraction of sp³-hybridized carbons (Fsp3) is 0.391. The van der Waals surface area contributed by atoms with Crippen LogP contribution in [-0.2, 0) is 19.4 Å². The summed E-state index contributed by atoms with van der Waals surface area (Å²) in [5.41, 5.74) is 2.74. The van der Waals surface area contributed by atoms with Crippen molar-refractivity contribution in [3.05, 3.63) is 48.0 Å². The molecule has 0 aromatic heterocycles. The van der Waals surface area contributed by atoms with Crippen LogP contribution in [0.4, 0.5) is 24.5 Å². The molecule has 0 aliphatic rings. The Balaban J connectivity index is 0.000000762. The van der Waals surface area contributed by atoms with Crippen molar-refractivity contribution in [1.29, 1.82) is 0 Å². The van der Waals surface area contributed by atoms with Gasteiger partial charge in [-0.1, -0.05) is 0 Å². The zero-order valence-corrected chi connectivity index (χ0v) is 20.7. The second kappa shape index (κ2) is 13.0. The van der Waals surface area contributed by atoms with Gasteiger partial charge >= 0.3 is 12.1 Å². The number of halogens is 3. The number of alkyl halides is 3. The van der Waals surface area contributed by atoms with Gasteiger partial charge in [0.2, 0.25) is 5.91 Å². The molecule has 0 heterocycles. The fourth-order valence-corrected chi connectivity index (χ4v) is 4.15. The van der Waals surface area contributed by atoms with Crippen molar-refractivity contribution < 1.29 is 41.0 Å². The Hall–Kier alpha value is -3.28. The quantitative estimate of drug-likeness (QED) is 0.509. The maximum atomic E-state index is 12.4. The van der Waals surface area contributed by atoms with Crippen molar-refractivity contribution in [2.24, 2.45) is 0 Å². The first-order chi connectivity index (χ1) is 16.2. The number of carboxylic acids is 1. The summed E-state index contributed by atoms with van der Waals surface area (Å²) in [6.07, 6.45) is -5.19. The first-order valence-corrected chi connectivity index (χ1v) is 12.2. The minimum absolute atomic E-state index is 0.106. The Bertz CT molecular complexity index is 1100. The Morgan fingerprint density at radius 2 is 1.60 bits per heavy atom. The summed E-state index contributed by atoms with van der Waals surface area (Å²) < 4.78 is 61.6. The van der Waals surface area contributed by atoms with Crippen LogP contribution in [0.3, 0.4) is 0 Å². The molecule has 1 amide bonds. The molecule has 0 spiro atoms. The van der Waals surface area contributed by atoms with Crippen molar-refractivity contribution in [3.63, 3.8) is 0 Å². The van der Waals surface area contributed by atoms with Gasteiger partial charge in [0.25, 0.3) is 0 Å². The molecular weight excluding hydrogens is 489 g/mol. The lowest BCUT2D eigenvalue weighted by Gasteiger charge is -2.22. The molecule has 0 radical (unpaired) electrons. The van der Waals surface area contributed by atoms with Gasteiger partial charge in [0.05, 0.1) is 17.8 Å². The SMILES string of the molecule is CCN(CC)c1ccc(NC(=O)CCS(=O)(=O)c2ccc(OC)cc2)c(C)c1.O=C(O)C(F)(F)F. The second-order valence-electron chi connectivity index (χ2n) is 7.27. The first kappa shape index (κ1) is 29.8. The Morgan fingerprint density at radius 1 is 1.06 bits per heavy atom. The van der Waals surface area contributed by atoms with E-state index >= 15 is 0 Å². The van der Waals surface area contributed by atoms with Crippen LogP contribution in [0.25, 0.3) is 0 Å². The number of amides is 1. The number of sulfone groups is 1. The van der Waals surface area contributed by atoms with Gasteiger partial charge in [-0.2, -0.15) is 13.2 Å². The molecule has 2 rings (SSSR count). The van der Waals surface area contributed by atoms with E-state index in [1.165, 1.54) is 19.2 Å². The summed E-state index contributed by atoms with van der Waals surface area (Å²) in [5.74, 6) is -2.74. The van der Waals surface area contributed by atoms with Crippen LogP contribution in [-0.4, -0.2) is 57.5 Å². The molecule has 0 aliphatic heterocycles. The maximum Gasteiger partial charge on any atom is 0.490 e. The molecule has 2 aromatic carbocycles. The highest BCUT2D eigenvalue weighted by atomic mass is 32.2. The van der Waals surface area contributed by atoms with Crippen molar-refractivity contribution >= 4 is 33.1 Å². The Morgan fingerprint density at radius 3 is 2.03 bits per heavy atom. The van der Waals surface area contributed by atoms with E-state index in [4.69, 9.17) is 14.6 Å². The number of ether oxygens (including phenoxy) is 1. The number of carboxylic acid groups (broad SMARTS) is 1. The molecular formula is C23H29F3N2O6S. The van der Waals surface area contributed by atoms with E-state index in [9.17, 15) is 26.4 Å². The number of nitrogens with one attached hydrogen (secondary N) is 1. The molecule has 2 N–H and O–H groups in total. The standard InChI is InChI=1S/C21H28N2O4S.C2HF3O2/c1-5-23(6-2)17-7-12-20(16(3)15-17)22-21(24)13-14-28(25,26)19-10-8-18(27-4)9-11-19;3-2(4,5)1(6)7/h7-12,15H,5-6,13-14H2,1-4H3,(H,22,24);(H,6,7). The number of benzene rings is 2. The highest BCUT2D eigenvalue weighted by molar-refractivity contribution is 7.91. The zero-order chi connectivity index (χ0) is 26.8. The number of carbonyl (C=O) groups excluding carboxylic acids is 1. The van der Waals surface area contributed by atoms with Crippen LogP contribution in [0.15, 0.2) is 47.4 Å². The average Bonchev–Trinajstić information content (AvgIpc) is 2.80. The number of anilines is 2. The molecule has 2 aromatic rings. The number of hydrogen-bond acceptors (Lipinski definition) is 6. The number of nitrogens with zero attached hydrogens (tertiary/aromatic N) is 1. The molecule has 8 nitrogen and oxygen atoms in total. The lowest BCUT2D eigenvalue weighted by atomic mass is 10.1. The smallest absolute Gasteiger partial charge is 0.490 e. The predicted octanol–water partition coefficient (Wildman–Crippen LogP) is 4.29. The molecule has 0 unspecified atom stereocenters. The molecule has 194 valence electrons.